The van der Waals surface area contributed by atoms with Gasteiger partial charge < -0.3 is 14.8 Å². The Morgan fingerprint density at radius 3 is 3.00 bits per heavy atom. The molecule has 1 fully saturated rings. The third kappa shape index (κ3) is 3.73. The summed E-state index contributed by atoms with van der Waals surface area (Å²) in [6.07, 6.45) is 1.21. The molecule has 0 amide bonds. The van der Waals surface area contributed by atoms with Gasteiger partial charge in [0.15, 0.2) is 6.10 Å². The van der Waals surface area contributed by atoms with E-state index in [1.54, 1.807) is 0 Å². The van der Waals surface area contributed by atoms with E-state index in [1.165, 1.54) is 0 Å². The highest BCUT2D eigenvalue weighted by molar-refractivity contribution is 9.10. The number of carbonyl (C=O) groups excluding carboxylic acids is 1. The number of rotatable bonds is 6. The summed E-state index contributed by atoms with van der Waals surface area (Å²) >= 11 is 3.48. The van der Waals surface area contributed by atoms with Crippen LogP contribution in [0.2, 0.25) is 0 Å². The lowest BCUT2D eigenvalue weighted by Gasteiger charge is -2.20. The van der Waals surface area contributed by atoms with Crippen molar-refractivity contribution in [2.24, 2.45) is 0 Å². The van der Waals surface area contributed by atoms with Gasteiger partial charge in [0.05, 0.1) is 6.61 Å². The number of ether oxygens (including phenoxy) is 2. The summed E-state index contributed by atoms with van der Waals surface area (Å²) in [7, 11) is 0. The molecule has 1 saturated heterocycles. The Morgan fingerprint density at radius 1 is 1.55 bits per heavy atom. The minimum atomic E-state index is -0.478. The molecule has 1 heterocycles. The standard InChI is InChI=1S/C15H20BrNO3/c1-3-7-17-10(2)12-9-11(16)4-5-13(12)20-14-6-8-19-15(14)18/h4-5,9-10,14,17H,3,6-8H2,1-2H3. The number of carbonyl (C=O) groups is 1. The van der Waals surface area contributed by atoms with E-state index in [1.807, 2.05) is 18.2 Å². The average Bonchev–Trinajstić information content (AvgIpc) is 2.83. The summed E-state index contributed by atoms with van der Waals surface area (Å²) in [5.74, 6) is 0.473. The van der Waals surface area contributed by atoms with Gasteiger partial charge in [-0.25, -0.2) is 4.79 Å². The van der Waals surface area contributed by atoms with Gasteiger partial charge in [0, 0.05) is 22.5 Å². The first-order chi connectivity index (χ1) is 9.61. The zero-order chi connectivity index (χ0) is 14.5. The summed E-state index contributed by atoms with van der Waals surface area (Å²) in [4.78, 5) is 11.5. The summed E-state index contributed by atoms with van der Waals surface area (Å²) < 4.78 is 11.8. The first kappa shape index (κ1) is 15.3. The predicted molar refractivity (Wildman–Crippen MR) is 80.8 cm³/mol. The Bertz CT molecular complexity index is 478. The fourth-order valence-electron chi connectivity index (χ4n) is 2.17. The summed E-state index contributed by atoms with van der Waals surface area (Å²) in [5.41, 5.74) is 1.05. The predicted octanol–water partition coefficient (Wildman–Crippen LogP) is 3.20. The van der Waals surface area contributed by atoms with E-state index in [2.05, 4.69) is 35.1 Å². The SMILES string of the molecule is CCCNC(C)c1cc(Br)ccc1OC1CCOC1=O. The minimum absolute atomic E-state index is 0.167. The molecule has 20 heavy (non-hydrogen) atoms. The third-order valence-corrected chi connectivity index (χ3v) is 3.79. The van der Waals surface area contributed by atoms with Gasteiger partial charge in [-0.2, -0.15) is 0 Å². The molecule has 1 aliphatic rings. The quantitative estimate of drug-likeness (QED) is 0.807. The topological polar surface area (TPSA) is 47.6 Å². The Kier molecular flexibility index (Phi) is 5.43. The van der Waals surface area contributed by atoms with Crippen molar-refractivity contribution in [2.45, 2.75) is 38.8 Å². The van der Waals surface area contributed by atoms with Crippen molar-refractivity contribution >= 4 is 21.9 Å². The highest BCUT2D eigenvalue weighted by Gasteiger charge is 2.29. The van der Waals surface area contributed by atoms with Crippen LogP contribution in [0, 0.1) is 0 Å². The van der Waals surface area contributed by atoms with E-state index in [0.717, 1.165) is 28.8 Å². The maximum atomic E-state index is 11.5. The van der Waals surface area contributed by atoms with Crippen LogP contribution in [0.25, 0.3) is 0 Å². The molecule has 0 aliphatic carbocycles. The van der Waals surface area contributed by atoms with Crippen molar-refractivity contribution < 1.29 is 14.3 Å². The van der Waals surface area contributed by atoms with Gasteiger partial charge in [-0.05, 0) is 38.1 Å². The second kappa shape index (κ2) is 7.09. The van der Waals surface area contributed by atoms with Crippen molar-refractivity contribution in [1.82, 2.24) is 5.32 Å². The Hall–Kier alpha value is -1.07. The van der Waals surface area contributed by atoms with E-state index in [9.17, 15) is 4.79 Å². The van der Waals surface area contributed by atoms with E-state index >= 15 is 0 Å². The van der Waals surface area contributed by atoms with Crippen molar-refractivity contribution in [3.8, 4) is 5.75 Å². The van der Waals surface area contributed by atoms with Gasteiger partial charge in [-0.15, -0.1) is 0 Å². The molecule has 110 valence electrons. The molecule has 2 rings (SSSR count). The first-order valence-electron chi connectivity index (χ1n) is 6.98. The minimum Gasteiger partial charge on any atom is -0.478 e. The molecular formula is C15H20BrNO3. The van der Waals surface area contributed by atoms with Crippen LogP contribution in [0.3, 0.4) is 0 Å². The van der Waals surface area contributed by atoms with Crippen LogP contribution >= 0.6 is 15.9 Å². The number of esters is 1. The largest absolute Gasteiger partial charge is 0.478 e. The molecule has 0 saturated carbocycles. The van der Waals surface area contributed by atoms with Crippen molar-refractivity contribution in [1.29, 1.82) is 0 Å². The fourth-order valence-corrected chi connectivity index (χ4v) is 2.55. The second-order valence-electron chi connectivity index (χ2n) is 4.92. The van der Waals surface area contributed by atoms with Crippen LogP contribution in [-0.2, 0) is 9.53 Å². The maximum Gasteiger partial charge on any atom is 0.347 e. The highest BCUT2D eigenvalue weighted by Crippen LogP contribution is 2.30. The average molecular weight is 342 g/mol. The van der Waals surface area contributed by atoms with Crippen LogP contribution in [0.15, 0.2) is 22.7 Å². The molecule has 1 N–H and O–H groups in total. The molecule has 0 radical (unpaired) electrons. The van der Waals surface area contributed by atoms with Crippen molar-refractivity contribution in [3.05, 3.63) is 28.2 Å². The van der Waals surface area contributed by atoms with Gasteiger partial charge in [0.25, 0.3) is 0 Å². The van der Waals surface area contributed by atoms with Crippen LogP contribution in [0.1, 0.15) is 38.3 Å². The van der Waals surface area contributed by atoms with E-state index in [4.69, 9.17) is 9.47 Å². The number of halogens is 1. The lowest BCUT2D eigenvalue weighted by Crippen LogP contribution is -2.24. The summed E-state index contributed by atoms with van der Waals surface area (Å²) in [5, 5.41) is 3.44. The van der Waals surface area contributed by atoms with Gasteiger partial charge in [-0.3, -0.25) is 0 Å². The molecule has 2 unspecified atom stereocenters. The summed E-state index contributed by atoms with van der Waals surface area (Å²) in [6, 6.07) is 6.02. The Labute approximate surface area is 128 Å². The van der Waals surface area contributed by atoms with E-state index < -0.39 is 6.10 Å². The normalized spacial score (nSPS) is 19.8. The van der Waals surface area contributed by atoms with Crippen LogP contribution in [0.5, 0.6) is 5.75 Å². The van der Waals surface area contributed by atoms with Crippen LogP contribution in [-0.4, -0.2) is 25.2 Å². The smallest absolute Gasteiger partial charge is 0.347 e. The highest BCUT2D eigenvalue weighted by atomic mass is 79.9. The van der Waals surface area contributed by atoms with Crippen LogP contribution < -0.4 is 10.1 Å². The number of hydrogen-bond donors (Lipinski definition) is 1. The molecule has 0 aromatic heterocycles. The molecule has 1 aromatic carbocycles. The Balaban J connectivity index is 2.16. The lowest BCUT2D eigenvalue weighted by atomic mass is 10.1. The van der Waals surface area contributed by atoms with Gasteiger partial charge in [0.1, 0.15) is 5.75 Å². The molecule has 5 heteroatoms. The van der Waals surface area contributed by atoms with E-state index in [-0.39, 0.29) is 12.0 Å². The molecule has 0 spiro atoms. The Morgan fingerprint density at radius 2 is 2.35 bits per heavy atom. The van der Waals surface area contributed by atoms with Gasteiger partial charge in [0.2, 0.25) is 0 Å². The third-order valence-electron chi connectivity index (χ3n) is 3.30. The first-order valence-corrected chi connectivity index (χ1v) is 7.77. The number of hydrogen-bond acceptors (Lipinski definition) is 4. The zero-order valence-electron chi connectivity index (χ0n) is 11.8. The molecule has 4 nitrogen and oxygen atoms in total. The molecule has 2 atom stereocenters. The molecule has 1 aromatic rings. The second-order valence-corrected chi connectivity index (χ2v) is 5.84. The maximum absolute atomic E-state index is 11.5. The molecule has 0 bridgehead atoms. The number of nitrogens with one attached hydrogen (secondary N) is 1. The lowest BCUT2D eigenvalue weighted by molar-refractivity contribution is -0.143. The zero-order valence-corrected chi connectivity index (χ0v) is 13.4. The van der Waals surface area contributed by atoms with Gasteiger partial charge >= 0.3 is 5.97 Å². The van der Waals surface area contributed by atoms with Crippen LogP contribution in [0.4, 0.5) is 0 Å². The van der Waals surface area contributed by atoms with Crippen molar-refractivity contribution in [2.75, 3.05) is 13.2 Å². The fraction of sp³-hybridized carbons (Fsp3) is 0.533. The van der Waals surface area contributed by atoms with Crippen molar-refractivity contribution in [3.63, 3.8) is 0 Å². The monoisotopic (exact) mass is 341 g/mol. The number of cyclic esters (lactones) is 1. The van der Waals surface area contributed by atoms with Gasteiger partial charge in [-0.1, -0.05) is 22.9 Å². The molecular weight excluding hydrogens is 322 g/mol. The van der Waals surface area contributed by atoms with E-state index in [0.29, 0.717) is 13.0 Å². The summed E-state index contributed by atoms with van der Waals surface area (Å²) in [6.45, 7) is 5.61. The number of benzene rings is 1. The molecule has 1 aliphatic heterocycles.